The topological polar surface area (TPSA) is 35.6 Å². The maximum absolute atomic E-state index is 12.3. The lowest BCUT2D eigenvalue weighted by molar-refractivity contribution is -0.135. The number of hydrogen-bond donors (Lipinski definition) is 1. The third-order valence-electron chi connectivity index (χ3n) is 3.45. The summed E-state index contributed by atoms with van der Waals surface area (Å²) in [5.74, 6) is 0.223. The zero-order valence-electron chi connectivity index (χ0n) is 11.1. The first kappa shape index (κ1) is 13.5. The summed E-state index contributed by atoms with van der Waals surface area (Å²) < 4.78 is 0. The Kier molecular flexibility index (Phi) is 4.74. The molecule has 5 heteroatoms. The van der Waals surface area contributed by atoms with Gasteiger partial charge in [-0.05, 0) is 24.9 Å². The lowest BCUT2D eigenvalue weighted by atomic mass is 10.1. The van der Waals surface area contributed by atoms with Crippen LogP contribution in [0, 0.1) is 0 Å². The van der Waals surface area contributed by atoms with E-state index in [-0.39, 0.29) is 11.9 Å². The number of thiophene rings is 1. The van der Waals surface area contributed by atoms with Crippen LogP contribution in [0.25, 0.3) is 0 Å². The molecule has 1 aromatic heterocycles. The Hall–Kier alpha value is -0.910. The molecule has 18 heavy (non-hydrogen) atoms. The quantitative estimate of drug-likeness (QED) is 0.870. The van der Waals surface area contributed by atoms with Gasteiger partial charge in [0.15, 0.2) is 0 Å². The summed E-state index contributed by atoms with van der Waals surface area (Å²) in [6.45, 7) is 3.47. The van der Waals surface area contributed by atoms with Crippen molar-refractivity contribution in [3.63, 3.8) is 0 Å². The van der Waals surface area contributed by atoms with E-state index in [2.05, 4.69) is 27.7 Å². The molecule has 0 aliphatic carbocycles. The highest BCUT2D eigenvalue weighted by atomic mass is 32.1. The number of carbonyl (C=O) groups is 1. The summed E-state index contributed by atoms with van der Waals surface area (Å²) in [7, 11) is 3.93. The van der Waals surface area contributed by atoms with E-state index in [0.717, 1.165) is 32.6 Å². The lowest BCUT2D eigenvalue weighted by Gasteiger charge is -2.34. The number of hydrogen-bond acceptors (Lipinski definition) is 4. The van der Waals surface area contributed by atoms with E-state index in [1.807, 2.05) is 19.0 Å². The molecule has 2 rings (SSSR count). The molecule has 1 amide bonds. The monoisotopic (exact) mass is 267 g/mol. The molecule has 1 saturated heterocycles. The lowest BCUT2D eigenvalue weighted by Crippen LogP contribution is -2.56. The van der Waals surface area contributed by atoms with Crippen LogP contribution in [0.1, 0.15) is 4.88 Å². The predicted molar refractivity (Wildman–Crippen MR) is 74.9 cm³/mol. The first-order valence-electron chi connectivity index (χ1n) is 6.37. The largest absolute Gasteiger partial charge is 0.344 e. The van der Waals surface area contributed by atoms with Crippen LogP contribution in [0.15, 0.2) is 17.5 Å². The van der Waals surface area contributed by atoms with Gasteiger partial charge in [0, 0.05) is 38.1 Å². The standard InChI is InChI=1S/C13H21N3OS/c1-15-8-6-14-10-12(15)13(17)16(2)7-5-11-4-3-9-18-11/h3-4,9,12,14H,5-8,10H2,1-2H3. The van der Waals surface area contributed by atoms with Crippen LogP contribution < -0.4 is 5.32 Å². The molecule has 1 unspecified atom stereocenters. The summed E-state index contributed by atoms with van der Waals surface area (Å²) >= 11 is 1.75. The van der Waals surface area contributed by atoms with Gasteiger partial charge in [-0.3, -0.25) is 9.69 Å². The summed E-state index contributed by atoms with van der Waals surface area (Å²) in [5.41, 5.74) is 0. The summed E-state index contributed by atoms with van der Waals surface area (Å²) in [6, 6.07) is 4.17. The van der Waals surface area contributed by atoms with Gasteiger partial charge < -0.3 is 10.2 Å². The van der Waals surface area contributed by atoms with Crippen LogP contribution in [0.5, 0.6) is 0 Å². The van der Waals surface area contributed by atoms with Crippen molar-refractivity contribution < 1.29 is 4.79 Å². The SMILES string of the molecule is CN(CCc1cccs1)C(=O)C1CNCCN1C. The molecule has 100 valence electrons. The number of piperazine rings is 1. The minimum Gasteiger partial charge on any atom is -0.344 e. The zero-order valence-corrected chi connectivity index (χ0v) is 11.9. The van der Waals surface area contributed by atoms with E-state index in [0.29, 0.717) is 0 Å². The van der Waals surface area contributed by atoms with Crippen molar-refractivity contribution in [2.24, 2.45) is 0 Å². The van der Waals surface area contributed by atoms with Crippen LogP contribution >= 0.6 is 11.3 Å². The molecule has 1 aliphatic heterocycles. The number of carbonyl (C=O) groups excluding carboxylic acids is 1. The molecule has 1 N–H and O–H groups in total. The van der Waals surface area contributed by atoms with E-state index >= 15 is 0 Å². The molecule has 0 aromatic carbocycles. The van der Waals surface area contributed by atoms with E-state index < -0.39 is 0 Å². The van der Waals surface area contributed by atoms with Gasteiger partial charge in [0.05, 0.1) is 0 Å². The van der Waals surface area contributed by atoms with E-state index in [9.17, 15) is 4.79 Å². The van der Waals surface area contributed by atoms with Crippen molar-refractivity contribution >= 4 is 17.2 Å². The Bertz CT molecular complexity index is 380. The maximum Gasteiger partial charge on any atom is 0.240 e. The molecular formula is C13H21N3OS. The average molecular weight is 267 g/mol. The molecule has 0 bridgehead atoms. The van der Waals surface area contributed by atoms with Gasteiger partial charge >= 0.3 is 0 Å². The van der Waals surface area contributed by atoms with E-state index in [4.69, 9.17) is 0 Å². The van der Waals surface area contributed by atoms with Crippen LogP contribution in [0.4, 0.5) is 0 Å². The van der Waals surface area contributed by atoms with Crippen molar-refractivity contribution in [2.45, 2.75) is 12.5 Å². The van der Waals surface area contributed by atoms with Gasteiger partial charge in [-0.1, -0.05) is 6.07 Å². The average Bonchev–Trinajstić information content (AvgIpc) is 2.89. The molecule has 1 fully saturated rings. The second kappa shape index (κ2) is 6.31. The van der Waals surface area contributed by atoms with Crippen molar-refractivity contribution in [1.29, 1.82) is 0 Å². The second-order valence-corrected chi connectivity index (χ2v) is 5.82. The number of nitrogens with one attached hydrogen (secondary N) is 1. The van der Waals surface area contributed by atoms with E-state index in [1.54, 1.807) is 11.3 Å². The molecule has 2 heterocycles. The highest BCUT2D eigenvalue weighted by molar-refractivity contribution is 7.09. The third-order valence-corrected chi connectivity index (χ3v) is 4.38. The third kappa shape index (κ3) is 3.31. The first-order chi connectivity index (χ1) is 8.68. The Morgan fingerprint density at radius 3 is 3.17 bits per heavy atom. The smallest absolute Gasteiger partial charge is 0.240 e. The molecule has 0 spiro atoms. The van der Waals surface area contributed by atoms with Gasteiger partial charge in [0.1, 0.15) is 6.04 Å². The highest BCUT2D eigenvalue weighted by Gasteiger charge is 2.27. The van der Waals surface area contributed by atoms with Crippen LogP contribution in [0.2, 0.25) is 0 Å². The highest BCUT2D eigenvalue weighted by Crippen LogP contribution is 2.10. The van der Waals surface area contributed by atoms with Crippen molar-refractivity contribution in [1.82, 2.24) is 15.1 Å². The number of amides is 1. The Balaban J connectivity index is 1.84. The molecular weight excluding hydrogens is 246 g/mol. The fourth-order valence-corrected chi connectivity index (χ4v) is 2.88. The molecule has 4 nitrogen and oxygen atoms in total. The molecule has 0 saturated carbocycles. The Morgan fingerprint density at radius 2 is 2.50 bits per heavy atom. The predicted octanol–water partition coefficient (Wildman–Crippen LogP) is 0.653. The van der Waals surface area contributed by atoms with Crippen LogP contribution in [0.3, 0.4) is 0 Å². The van der Waals surface area contributed by atoms with Crippen molar-refractivity contribution in [3.05, 3.63) is 22.4 Å². The number of nitrogens with zero attached hydrogens (tertiary/aromatic N) is 2. The maximum atomic E-state index is 12.3. The number of rotatable bonds is 4. The first-order valence-corrected chi connectivity index (χ1v) is 7.25. The van der Waals surface area contributed by atoms with Gasteiger partial charge in [-0.15, -0.1) is 11.3 Å². The van der Waals surface area contributed by atoms with Crippen molar-refractivity contribution in [3.8, 4) is 0 Å². The summed E-state index contributed by atoms with van der Waals surface area (Å²) in [5, 5.41) is 5.36. The second-order valence-electron chi connectivity index (χ2n) is 4.79. The minimum absolute atomic E-state index is 0.00733. The Labute approximate surface area is 113 Å². The van der Waals surface area contributed by atoms with Gasteiger partial charge in [-0.25, -0.2) is 0 Å². The molecule has 1 atom stereocenters. The fraction of sp³-hybridized carbons (Fsp3) is 0.615. The van der Waals surface area contributed by atoms with Crippen LogP contribution in [-0.4, -0.2) is 62.0 Å². The number of likely N-dealkylation sites (N-methyl/N-ethyl adjacent to an activating group) is 2. The normalized spacial score (nSPS) is 20.9. The molecule has 1 aliphatic rings. The van der Waals surface area contributed by atoms with Gasteiger partial charge in [0.2, 0.25) is 5.91 Å². The zero-order chi connectivity index (χ0) is 13.0. The molecule has 0 radical (unpaired) electrons. The van der Waals surface area contributed by atoms with Gasteiger partial charge in [0.25, 0.3) is 0 Å². The van der Waals surface area contributed by atoms with Crippen molar-refractivity contribution in [2.75, 3.05) is 40.3 Å². The van der Waals surface area contributed by atoms with Gasteiger partial charge in [-0.2, -0.15) is 0 Å². The minimum atomic E-state index is -0.00733. The fourth-order valence-electron chi connectivity index (χ4n) is 2.18. The van der Waals surface area contributed by atoms with E-state index in [1.165, 1.54) is 4.88 Å². The summed E-state index contributed by atoms with van der Waals surface area (Å²) in [6.07, 6.45) is 0.948. The molecule has 1 aromatic rings. The summed E-state index contributed by atoms with van der Waals surface area (Å²) in [4.78, 5) is 17.6. The van der Waals surface area contributed by atoms with Crippen LogP contribution in [-0.2, 0) is 11.2 Å². The Morgan fingerprint density at radius 1 is 1.67 bits per heavy atom.